The molecule has 0 unspecified atom stereocenters. The number of sulfonamides is 1. The number of aryl methyl sites for hydroxylation is 2. The third-order valence-corrected chi connectivity index (χ3v) is 3.68. The van der Waals surface area contributed by atoms with Crippen LogP contribution in [0.1, 0.15) is 18.4 Å². The first-order chi connectivity index (χ1) is 8.51. The molecular weight excluding hydrogens is 252 g/mol. The van der Waals surface area contributed by atoms with Crippen LogP contribution in [0.4, 0.5) is 5.69 Å². The SMILES string of the molecule is CCc1ncc(S(=O)(=O)Nc2ccc(C)nc2)[nH]1. The molecule has 0 amide bonds. The van der Waals surface area contributed by atoms with Gasteiger partial charge >= 0.3 is 0 Å². The number of hydrogen-bond donors (Lipinski definition) is 2. The van der Waals surface area contributed by atoms with Gasteiger partial charge in [0, 0.05) is 12.1 Å². The number of nitrogens with one attached hydrogen (secondary N) is 2. The second kappa shape index (κ2) is 4.77. The van der Waals surface area contributed by atoms with Crippen molar-refractivity contribution in [2.24, 2.45) is 0 Å². The van der Waals surface area contributed by atoms with Gasteiger partial charge in [0.15, 0.2) is 5.03 Å². The summed E-state index contributed by atoms with van der Waals surface area (Å²) in [6.45, 7) is 3.73. The Balaban J connectivity index is 2.24. The van der Waals surface area contributed by atoms with E-state index in [1.165, 1.54) is 12.4 Å². The van der Waals surface area contributed by atoms with Gasteiger partial charge in [0.05, 0.1) is 18.1 Å². The van der Waals surface area contributed by atoms with Crippen LogP contribution >= 0.6 is 0 Å². The second-order valence-corrected chi connectivity index (χ2v) is 5.49. The standard InChI is InChI=1S/C11H14N4O2S/c1-3-10-13-7-11(14-10)18(16,17)15-9-5-4-8(2)12-6-9/h4-7,15H,3H2,1-2H3,(H,13,14). The van der Waals surface area contributed by atoms with Gasteiger partial charge in [-0.1, -0.05) is 6.92 Å². The number of aromatic nitrogens is 3. The minimum atomic E-state index is -3.62. The van der Waals surface area contributed by atoms with Crippen molar-refractivity contribution in [3.63, 3.8) is 0 Å². The van der Waals surface area contributed by atoms with Crippen molar-refractivity contribution in [2.45, 2.75) is 25.3 Å². The van der Waals surface area contributed by atoms with Crippen LogP contribution in [0.3, 0.4) is 0 Å². The summed E-state index contributed by atoms with van der Waals surface area (Å²) >= 11 is 0. The van der Waals surface area contributed by atoms with Gasteiger partial charge in [-0.2, -0.15) is 8.42 Å². The monoisotopic (exact) mass is 266 g/mol. The fourth-order valence-corrected chi connectivity index (χ4v) is 2.38. The van der Waals surface area contributed by atoms with Gasteiger partial charge in [0.2, 0.25) is 0 Å². The Kier molecular flexibility index (Phi) is 3.33. The van der Waals surface area contributed by atoms with Crippen LogP contribution in [-0.2, 0) is 16.4 Å². The van der Waals surface area contributed by atoms with E-state index >= 15 is 0 Å². The van der Waals surface area contributed by atoms with Gasteiger partial charge in [0.25, 0.3) is 10.0 Å². The molecule has 2 aromatic rings. The highest BCUT2D eigenvalue weighted by Gasteiger charge is 2.17. The predicted molar refractivity (Wildman–Crippen MR) is 67.7 cm³/mol. The van der Waals surface area contributed by atoms with Gasteiger partial charge in [0.1, 0.15) is 5.82 Å². The average Bonchev–Trinajstić information content (AvgIpc) is 2.81. The van der Waals surface area contributed by atoms with Crippen molar-refractivity contribution < 1.29 is 8.42 Å². The van der Waals surface area contributed by atoms with Gasteiger partial charge in [-0.3, -0.25) is 9.71 Å². The van der Waals surface area contributed by atoms with E-state index in [0.29, 0.717) is 17.9 Å². The zero-order valence-corrected chi connectivity index (χ0v) is 11.0. The molecule has 0 spiro atoms. The number of aromatic amines is 1. The van der Waals surface area contributed by atoms with Gasteiger partial charge < -0.3 is 4.98 Å². The number of rotatable bonds is 4. The Morgan fingerprint density at radius 2 is 2.06 bits per heavy atom. The van der Waals surface area contributed by atoms with Crippen LogP contribution in [0.5, 0.6) is 0 Å². The maximum Gasteiger partial charge on any atom is 0.279 e. The van der Waals surface area contributed by atoms with Crippen molar-refractivity contribution in [3.05, 3.63) is 36.0 Å². The Bertz CT molecular complexity index is 631. The summed E-state index contributed by atoms with van der Waals surface area (Å²) in [5, 5.41) is 0.0555. The number of anilines is 1. The number of hydrogen-bond acceptors (Lipinski definition) is 4. The van der Waals surface area contributed by atoms with Crippen LogP contribution in [0.2, 0.25) is 0 Å². The lowest BCUT2D eigenvalue weighted by atomic mass is 10.4. The molecule has 0 fully saturated rings. The molecule has 96 valence electrons. The fourth-order valence-electron chi connectivity index (χ4n) is 1.40. The summed E-state index contributed by atoms with van der Waals surface area (Å²) < 4.78 is 26.4. The van der Waals surface area contributed by atoms with Crippen molar-refractivity contribution in [1.29, 1.82) is 0 Å². The summed E-state index contributed by atoms with van der Waals surface area (Å²) in [6.07, 6.45) is 3.44. The Hall–Kier alpha value is -1.89. The zero-order valence-electron chi connectivity index (χ0n) is 10.1. The third-order valence-electron chi connectivity index (χ3n) is 2.39. The quantitative estimate of drug-likeness (QED) is 0.877. The van der Waals surface area contributed by atoms with E-state index < -0.39 is 10.0 Å². The first-order valence-corrected chi connectivity index (χ1v) is 6.99. The first kappa shape index (κ1) is 12.6. The summed E-state index contributed by atoms with van der Waals surface area (Å²) in [5.41, 5.74) is 1.25. The predicted octanol–water partition coefficient (Wildman–Crippen LogP) is 1.48. The van der Waals surface area contributed by atoms with Gasteiger partial charge in [-0.05, 0) is 19.1 Å². The lowest BCUT2D eigenvalue weighted by Crippen LogP contribution is -2.13. The normalized spacial score (nSPS) is 11.4. The van der Waals surface area contributed by atoms with Crippen LogP contribution in [0.15, 0.2) is 29.6 Å². The van der Waals surface area contributed by atoms with E-state index in [1.807, 2.05) is 13.8 Å². The van der Waals surface area contributed by atoms with Crippen LogP contribution in [0.25, 0.3) is 0 Å². The molecule has 2 heterocycles. The Labute approximate surface area is 106 Å². The summed E-state index contributed by atoms with van der Waals surface area (Å²) in [7, 11) is -3.62. The fraction of sp³-hybridized carbons (Fsp3) is 0.273. The highest BCUT2D eigenvalue weighted by atomic mass is 32.2. The van der Waals surface area contributed by atoms with Gasteiger partial charge in [-0.15, -0.1) is 0 Å². The first-order valence-electron chi connectivity index (χ1n) is 5.50. The van der Waals surface area contributed by atoms with E-state index in [2.05, 4.69) is 19.7 Å². The Morgan fingerprint density at radius 1 is 1.28 bits per heavy atom. The molecule has 0 aromatic carbocycles. The lowest BCUT2D eigenvalue weighted by Gasteiger charge is -2.05. The molecule has 0 saturated heterocycles. The number of nitrogens with zero attached hydrogens (tertiary/aromatic N) is 2. The van der Waals surface area contributed by atoms with Crippen LogP contribution < -0.4 is 4.72 Å². The summed E-state index contributed by atoms with van der Waals surface area (Å²) in [6, 6.07) is 3.40. The molecule has 0 atom stereocenters. The topological polar surface area (TPSA) is 87.7 Å². The molecule has 7 heteroatoms. The average molecular weight is 266 g/mol. The van der Waals surface area contributed by atoms with E-state index in [9.17, 15) is 8.42 Å². The highest BCUT2D eigenvalue weighted by Crippen LogP contribution is 2.13. The zero-order chi connectivity index (χ0) is 13.2. The molecule has 2 rings (SSSR count). The molecular formula is C11H14N4O2S. The maximum absolute atomic E-state index is 12.0. The van der Waals surface area contributed by atoms with Crippen LogP contribution in [0, 0.1) is 6.92 Å². The molecule has 6 nitrogen and oxygen atoms in total. The molecule has 0 aliphatic rings. The second-order valence-electron chi connectivity index (χ2n) is 3.84. The maximum atomic E-state index is 12.0. The van der Waals surface area contributed by atoms with Gasteiger partial charge in [-0.25, -0.2) is 4.98 Å². The number of pyridine rings is 1. The van der Waals surface area contributed by atoms with Crippen molar-refractivity contribution in [1.82, 2.24) is 15.0 Å². The molecule has 0 aliphatic carbocycles. The summed E-state index contributed by atoms with van der Waals surface area (Å²) in [5.74, 6) is 0.636. The largest absolute Gasteiger partial charge is 0.332 e. The minimum absolute atomic E-state index is 0.0555. The van der Waals surface area contributed by atoms with E-state index in [0.717, 1.165) is 5.69 Å². The smallest absolute Gasteiger partial charge is 0.279 e. The van der Waals surface area contributed by atoms with E-state index in [4.69, 9.17) is 0 Å². The molecule has 0 radical (unpaired) electrons. The molecule has 0 aliphatic heterocycles. The van der Waals surface area contributed by atoms with Crippen LogP contribution in [-0.4, -0.2) is 23.4 Å². The van der Waals surface area contributed by atoms with Crippen molar-refractivity contribution in [3.8, 4) is 0 Å². The molecule has 2 aromatic heterocycles. The molecule has 0 bridgehead atoms. The number of H-pyrrole nitrogens is 1. The molecule has 0 saturated carbocycles. The van der Waals surface area contributed by atoms with Crippen molar-refractivity contribution in [2.75, 3.05) is 4.72 Å². The minimum Gasteiger partial charge on any atom is -0.332 e. The van der Waals surface area contributed by atoms with E-state index in [1.54, 1.807) is 12.1 Å². The van der Waals surface area contributed by atoms with Crippen molar-refractivity contribution >= 4 is 15.7 Å². The highest BCUT2D eigenvalue weighted by molar-refractivity contribution is 7.92. The molecule has 2 N–H and O–H groups in total. The number of imidazole rings is 1. The molecule has 18 heavy (non-hydrogen) atoms. The van der Waals surface area contributed by atoms with E-state index in [-0.39, 0.29) is 5.03 Å². The Morgan fingerprint density at radius 3 is 2.61 bits per heavy atom. The summed E-state index contributed by atoms with van der Waals surface area (Å²) in [4.78, 5) is 10.7. The lowest BCUT2D eigenvalue weighted by molar-refractivity contribution is 0.598. The third kappa shape index (κ3) is 2.67.